The summed E-state index contributed by atoms with van der Waals surface area (Å²) < 4.78 is 5.77. The predicted octanol–water partition coefficient (Wildman–Crippen LogP) is 6.62. The van der Waals surface area contributed by atoms with Crippen LogP contribution in [0.2, 0.25) is 0 Å². The van der Waals surface area contributed by atoms with Crippen molar-refractivity contribution >= 4 is 46.4 Å². The fourth-order valence-electron chi connectivity index (χ4n) is 3.42. The van der Waals surface area contributed by atoms with E-state index in [1.165, 1.54) is 21.2 Å². The molecule has 1 aliphatic heterocycles. The van der Waals surface area contributed by atoms with Gasteiger partial charge in [-0.1, -0.05) is 42.1 Å². The lowest BCUT2D eigenvalue weighted by atomic mass is 10.1. The third kappa shape index (κ3) is 2.92. The van der Waals surface area contributed by atoms with Crippen LogP contribution in [0.4, 0.5) is 11.4 Å². The van der Waals surface area contributed by atoms with Gasteiger partial charge in [0.15, 0.2) is 5.58 Å². The van der Waals surface area contributed by atoms with E-state index in [0.717, 1.165) is 23.2 Å². The van der Waals surface area contributed by atoms with Crippen molar-refractivity contribution in [2.24, 2.45) is 0 Å². The normalized spacial score (nSPS) is 13.1. The van der Waals surface area contributed by atoms with Crippen LogP contribution in [0, 0.1) is 0 Å². The number of nitrogens with zero attached hydrogens (tertiary/aromatic N) is 2. The van der Waals surface area contributed by atoms with E-state index in [0.29, 0.717) is 5.89 Å². The topological polar surface area (TPSA) is 29.3 Å². The van der Waals surface area contributed by atoms with Crippen LogP contribution in [0.15, 0.2) is 80.9 Å². The van der Waals surface area contributed by atoms with E-state index in [4.69, 9.17) is 4.42 Å². The number of oxazole rings is 1. The third-order valence-corrected chi connectivity index (χ3v) is 5.81. The maximum atomic E-state index is 5.77. The molecular formula is C23H18N2OS. The Morgan fingerprint density at radius 3 is 2.63 bits per heavy atom. The van der Waals surface area contributed by atoms with E-state index in [-0.39, 0.29) is 0 Å². The van der Waals surface area contributed by atoms with Crippen LogP contribution < -0.4 is 4.90 Å². The van der Waals surface area contributed by atoms with E-state index in [9.17, 15) is 0 Å². The van der Waals surface area contributed by atoms with Crippen molar-refractivity contribution in [2.45, 2.75) is 16.7 Å². The molecule has 0 atom stereocenters. The number of para-hydroxylation sites is 3. The molecular weight excluding hydrogens is 352 g/mol. The minimum atomic E-state index is 0.627. The van der Waals surface area contributed by atoms with Gasteiger partial charge in [0.25, 0.3) is 0 Å². The zero-order valence-corrected chi connectivity index (χ0v) is 15.7. The van der Waals surface area contributed by atoms with Crippen molar-refractivity contribution < 1.29 is 4.42 Å². The summed E-state index contributed by atoms with van der Waals surface area (Å²) in [5.41, 5.74) is 5.38. The van der Waals surface area contributed by atoms with Gasteiger partial charge in [-0.3, -0.25) is 0 Å². The number of fused-ring (bicyclic) bond motifs is 3. The first-order valence-electron chi connectivity index (χ1n) is 9.04. The Kier molecular flexibility index (Phi) is 3.98. The average Bonchev–Trinajstić information content (AvgIpc) is 3.13. The molecule has 0 radical (unpaired) electrons. The first-order valence-corrected chi connectivity index (χ1v) is 9.85. The summed E-state index contributed by atoms with van der Waals surface area (Å²) in [5, 5.41) is 0. The second-order valence-corrected chi connectivity index (χ2v) is 7.48. The molecule has 0 unspecified atom stereocenters. The van der Waals surface area contributed by atoms with Crippen LogP contribution in [0.3, 0.4) is 0 Å². The van der Waals surface area contributed by atoms with Crippen LogP contribution in [-0.4, -0.2) is 11.5 Å². The second kappa shape index (κ2) is 6.63. The highest BCUT2D eigenvalue weighted by Gasteiger charge is 2.21. The summed E-state index contributed by atoms with van der Waals surface area (Å²) in [6, 6.07) is 23.0. The Hall–Kier alpha value is -2.98. The fourth-order valence-corrected chi connectivity index (χ4v) is 4.57. The molecule has 27 heavy (non-hydrogen) atoms. The Morgan fingerprint density at radius 1 is 0.926 bits per heavy atom. The monoisotopic (exact) mass is 370 g/mol. The molecule has 0 bridgehead atoms. The zero-order valence-electron chi connectivity index (χ0n) is 14.9. The molecule has 0 fully saturated rings. The summed E-state index contributed by atoms with van der Waals surface area (Å²) in [6.45, 7) is 3.14. The van der Waals surface area contributed by atoms with Gasteiger partial charge in [-0.15, -0.1) is 0 Å². The van der Waals surface area contributed by atoms with Gasteiger partial charge in [-0.25, -0.2) is 4.98 Å². The van der Waals surface area contributed by atoms with Gasteiger partial charge in [-0.2, -0.15) is 0 Å². The van der Waals surface area contributed by atoms with Crippen LogP contribution >= 0.6 is 11.8 Å². The Bertz CT molecular complexity index is 1130. The number of rotatable bonds is 3. The van der Waals surface area contributed by atoms with Crippen molar-refractivity contribution in [1.29, 1.82) is 0 Å². The predicted molar refractivity (Wildman–Crippen MR) is 113 cm³/mol. The molecule has 0 spiro atoms. The molecule has 0 aliphatic carbocycles. The van der Waals surface area contributed by atoms with E-state index in [1.54, 1.807) is 0 Å². The number of anilines is 2. The Balaban J connectivity index is 1.48. The molecule has 2 heterocycles. The maximum absolute atomic E-state index is 5.77. The number of hydrogen-bond donors (Lipinski definition) is 0. The lowest BCUT2D eigenvalue weighted by Crippen LogP contribution is -2.19. The fraction of sp³-hybridized carbons (Fsp3) is 0.0870. The van der Waals surface area contributed by atoms with E-state index in [2.05, 4.69) is 65.3 Å². The van der Waals surface area contributed by atoms with Crippen molar-refractivity contribution in [3.63, 3.8) is 0 Å². The quantitative estimate of drug-likeness (QED) is 0.405. The lowest BCUT2D eigenvalue weighted by molar-refractivity contribution is 0.590. The van der Waals surface area contributed by atoms with Crippen LogP contribution in [-0.2, 0) is 0 Å². The molecule has 5 rings (SSSR count). The maximum Gasteiger partial charge on any atom is 0.220 e. The molecule has 0 saturated heterocycles. The molecule has 4 heteroatoms. The van der Waals surface area contributed by atoms with Crippen molar-refractivity contribution in [1.82, 2.24) is 4.98 Å². The van der Waals surface area contributed by atoms with Gasteiger partial charge < -0.3 is 9.32 Å². The average molecular weight is 370 g/mol. The van der Waals surface area contributed by atoms with Crippen molar-refractivity contribution in [3.05, 3.63) is 78.2 Å². The van der Waals surface area contributed by atoms with Crippen LogP contribution in [0.1, 0.15) is 18.4 Å². The second-order valence-electron chi connectivity index (χ2n) is 6.39. The number of benzene rings is 3. The molecule has 0 amide bonds. The molecule has 3 nitrogen and oxygen atoms in total. The summed E-state index contributed by atoms with van der Waals surface area (Å²) in [7, 11) is 0. The SMILES string of the molecule is CCN1c2ccccc2Sc2cc(/C=C/c3nc4ccccc4o3)ccc21. The summed E-state index contributed by atoms with van der Waals surface area (Å²) in [6.07, 6.45) is 3.99. The van der Waals surface area contributed by atoms with Gasteiger partial charge >= 0.3 is 0 Å². The van der Waals surface area contributed by atoms with Crippen molar-refractivity contribution in [2.75, 3.05) is 11.4 Å². The Labute approximate surface area is 162 Å². The van der Waals surface area contributed by atoms with E-state index >= 15 is 0 Å². The summed E-state index contributed by atoms with van der Waals surface area (Å²) in [5.74, 6) is 0.627. The molecule has 3 aromatic carbocycles. The molecule has 4 aromatic rings. The first-order chi connectivity index (χ1) is 13.3. The molecule has 1 aromatic heterocycles. The Morgan fingerprint density at radius 2 is 1.74 bits per heavy atom. The highest BCUT2D eigenvalue weighted by Crippen LogP contribution is 2.48. The van der Waals surface area contributed by atoms with E-state index in [1.807, 2.05) is 42.1 Å². The van der Waals surface area contributed by atoms with Gasteiger partial charge in [-0.05, 0) is 55.0 Å². The summed E-state index contributed by atoms with van der Waals surface area (Å²) in [4.78, 5) is 9.45. The lowest BCUT2D eigenvalue weighted by Gasteiger charge is -2.32. The van der Waals surface area contributed by atoms with Gasteiger partial charge in [0, 0.05) is 22.4 Å². The number of aromatic nitrogens is 1. The van der Waals surface area contributed by atoms with Gasteiger partial charge in [0.05, 0.1) is 11.4 Å². The molecule has 0 saturated carbocycles. The van der Waals surface area contributed by atoms with Crippen molar-refractivity contribution in [3.8, 4) is 0 Å². The minimum Gasteiger partial charge on any atom is -0.437 e. The largest absolute Gasteiger partial charge is 0.437 e. The molecule has 1 aliphatic rings. The first kappa shape index (κ1) is 16.2. The number of hydrogen-bond acceptors (Lipinski definition) is 4. The zero-order chi connectivity index (χ0) is 18.2. The summed E-state index contributed by atoms with van der Waals surface area (Å²) >= 11 is 1.83. The van der Waals surface area contributed by atoms with E-state index < -0.39 is 0 Å². The molecule has 0 N–H and O–H groups in total. The van der Waals surface area contributed by atoms with Gasteiger partial charge in [0.2, 0.25) is 5.89 Å². The minimum absolute atomic E-state index is 0.627. The highest BCUT2D eigenvalue weighted by atomic mass is 32.2. The smallest absolute Gasteiger partial charge is 0.220 e. The third-order valence-electron chi connectivity index (χ3n) is 4.70. The molecule has 132 valence electrons. The van der Waals surface area contributed by atoms with Gasteiger partial charge in [0.1, 0.15) is 5.52 Å². The highest BCUT2D eigenvalue weighted by molar-refractivity contribution is 7.99. The van der Waals surface area contributed by atoms with Crippen LogP contribution in [0.25, 0.3) is 23.3 Å². The standard InChI is InChI=1S/C23H18N2OS/c1-2-25-18-8-4-6-10-21(18)27-22-15-16(11-13-19(22)25)12-14-23-24-17-7-3-5-9-20(17)26-23/h3-15H,2H2,1H3/b14-12+. The van der Waals surface area contributed by atoms with Crippen LogP contribution in [0.5, 0.6) is 0 Å².